The standard InChI is InChI=1S/C11H12FNOS/c12-9-2-4-10(5-3-9)15-8-11(14)13-6-1-7-13/h2-5H,1,6-8H2. The van der Waals surface area contributed by atoms with Gasteiger partial charge in [-0.2, -0.15) is 0 Å². The first-order valence-electron chi connectivity index (χ1n) is 4.92. The van der Waals surface area contributed by atoms with E-state index < -0.39 is 0 Å². The third-order valence-electron chi connectivity index (χ3n) is 2.38. The minimum atomic E-state index is -0.242. The average Bonchev–Trinajstić information content (AvgIpc) is 2.14. The smallest absolute Gasteiger partial charge is 0.232 e. The highest BCUT2D eigenvalue weighted by Crippen LogP contribution is 2.19. The predicted molar refractivity (Wildman–Crippen MR) is 58.3 cm³/mol. The highest BCUT2D eigenvalue weighted by atomic mass is 32.2. The predicted octanol–water partition coefficient (Wildman–Crippen LogP) is 2.15. The highest BCUT2D eigenvalue weighted by molar-refractivity contribution is 8.00. The monoisotopic (exact) mass is 225 g/mol. The van der Waals surface area contributed by atoms with Gasteiger partial charge in [0.15, 0.2) is 0 Å². The summed E-state index contributed by atoms with van der Waals surface area (Å²) < 4.78 is 12.6. The van der Waals surface area contributed by atoms with Gasteiger partial charge in [-0.25, -0.2) is 4.39 Å². The molecule has 1 aliphatic heterocycles. The molecule has 0 saturated carbocycles. The number of halogens is 1. The van der Waals surface area contributed by atoms with Gasteiger partial charge in [-0.3, -0.25) is 4.79 Å². The summed E-state index contributed by atoms with van der Waals surface area (Å²) in [6.07, 6.45) is 1.12. The molecule has 0 aliphatic carbocycles. The third-order valence-corrected chi connectivity index (χ3v) is 3.38. The molecule has 1 saturated heterocycles. The van der Waals surface area contributed by atoms with Crippen molar-refractivity contribution in [2.24, 2.45) is 0 Å². The van der Waals surface area contributed by atoms with E-state index in [1.54, 1.807) is 12.1 Å². The van der Waals surface area contributed by atoms with E-state index in [1.165, 1.54) is 23.9 Å². The van der Waals surface area contributed by atoms with Crippen LogP contribution in [0.3, 0.4) is 0 Å². The summed E-state index contributed by atoms with van der Waals surface area (Å²) in [7, 11) is 0. The number of hydrogen-bond donors (Lipinski definition) is 0. The number of likely N-dealkylation sites (tertiary alicyclic amines) is 1. The van der Waals surface area contributed by atoms with Gasteiger partial charge in [0.05, 0.1) is 5.75 Å². The number of nitrogens with zero attached hydrogens (tertiary/aromatic N) is 1. The molecule has 0 aromatic heterocycles. The molecule has 1 amide bonds. The molecule has 0 bridgehead atoms. The zero-order valence-corrected chi connectivity index (χ0v) is 9.10. The Labute approximate surface area is 92.5 Å². The quantitative estimate of drug-likeness (QED) is 0.735. The Morgan fingerprint density at radius 3 is 2.53 bits per heavy atom. The molecule has 1 aromatic carbocycles. The Bertz CT molecular complexity index is 348. The topological polar surface area (TPSA) is 20.3 Å². The van der Waals surface area contributed by atoms with Crippen LogP contribution in [0.25, 0.3) is 0 Å². The lowest BCUT2D eigenvalue weighted by atomic mass is 10.2. The number of rotatable bonds is 3. The van der Waals surface area contributed by atoms with E-state index in [4.69, 9.17) is 0 Å². The maximum Gasteiger partial charge on any atom is 0.232 e. The van der Waals surface area contributed by atoms with Crippen molar-refractivity contribution in [1.29, 1.82) is 0 Å². The fourth-order valence-electron chi connectivity index (χ4n) is 1.33. The van der Waals surface area contributed by atoms with Crippen molar-refractivity contribution in [3.05, 3.63) is 30.1 Å². The first kappa shape index (κ1) is 10.5. The van der Waals surface area contributed by atoms with Crippen LogP contribution >= 0.6 is 11.8 Å². The van der Waals surface area contributed by atoms with Crippen molar-refractivity contribution in [2.45, 2.75) is 11.3 Å². The van der Waals surface area contributed by atoms with E-state index in [2.05, 4.69) is 0 Å². The van der Waals surface area contributed by atoms with Crippen LogP contribution in [0.2, 0.25) is 0 Å². The highest BCUT2D eigenvalue weighted by Gasteiger charge is 2.19. The van der Waals surface area contributed by atoms with Gasteiger partial charge in [0.2, 0.25) is 5.91 Å². The number of hydrogen-bond acceptors (Lipinski definition) is 2. The first-order valence-corrected chi connectivity index (χ1v) is 5.90. The molecule has 0 unspecified atom stereocenters. The van der Waals surface area contributed by atoms with Gasteiger partial charge in [0.25, 0.3) is 0 Å². The molecule has 1 heterocycles. The number of carbonyl (C=O) groups is 1. The second-order valence-electron chi connectivity index (χ2n) is 3.48. The lowest BCUT2D eigenvalue weighted by Gasteiger charge is -2.30. The number of carbonyl (C=O) groups excluding carboxylic acids is 1. The normalized spacial score (nSPS) is 14.9. The van der Waals surface area contributed by atoms with Crippen LogP contribution in [0.5, 0.6) is 0 Å². The molecule has 2 rings (SSSR count). The van der Waals surface area contributed by atoms with Crippen LogP contribution in [0.15, 0.2) is 29.2 Å². The Balaban J connectivity index is 1.82. The van der Waals surface area contributed by atoms with Crippen molar-refractivity contribution in [3.63, 3.8) is 0 Å². The lowest BCUT2D eigenvalue weighted by molar-refractivity contribution is -0.131. The molecule has 0 N–H and O–H groups in total. The van der Waals surface area contributed by atoms with E-state index in [0.717, 1.165) is 24.4 Å². The van der Waals surface area contributed by atoms with Gasteiger partial charge in [-0.05, 0) is 30.7 Å². The molecule has 0 atom stereocenters. The summed E-state index contributed by atoms with van der Waals surface area (Å²) >= 11 is 1.46. The van der Waals surface area contributed by atoms with Crippen LogP contribution in [0.1, 0.15) is 6.42 Å². The molecule has 80 valence electrons. The lowest BCUT2D eigenvalue weighted by Crippen LogP contribution is -2.42. The average molecular weight is 225 g/mol. The molecule has 1 aliphatic rings. The zero-order valence-electron chi connectivity index (χ0n) is 8.28. The Morgan fingerprint density at radius 2 is 2.00 bits per heavy atom. The molecule has 0 radical (unpaired) electrons. The fourth-order valence-corrected chi connectivity index (χ4v) is 2.13. The van der Waals surface area contributed by atoms with Gasteiger partial charge >= 0.3 is 0 Å². The van der Waals surface area contributed by atoms with Gasteiger partial charge in [-0.1, -0.05) is 0 Å². The van der Waals surface area contributed by atoms with Crippen molar-refractivity contribution in [3.8, 4) is 0 Å². The van der Waals surface area contributed by atoms with Crippen LogP contribution in [-0.2, 0) is 4.79 Å². The van der Waals surface area contributed by atoms with E-state index in [0.29, 0.717) is 5.75 Å². The first-order chi connectivity index (χ1) is 7.25. The Morgan fingerprint density at radius 1 is 1.33 bits per heavy atom. The minimum Gasteiger partial charge on any atom is -0.342 e. The summed E-state index contributed by atoms with van der Waals surface area (Å²) in [6.45, 7) is 1.78. The minimum absolute atomic E-state index is 0.176. The summed E-state index contributed by atoms with van der Waals surface area (Å²) in [5.41, 5.74) is 0. The maximum atomic E-state index is 12.6. The largest absolute Gasteiger partial charge is 0.342 e. The van der Waals surface area contributed by atoms with Crippen LogP contribution < -0.4 is 0 Å². The number of benzene rings is 1. The molecule has 0 spiro atoms. The van der Waals surface area contributed by atoms with E-state index in [9.17, 15) is 9.18 Å². The Hall–Kier alpha value is -1.03. The molecule has 4 heteroatoms. The van der Waals surface area contributed by atoms with Gasteiger partial charge in [-0.15, -0.1) is 11.8 Å². The summed E-state index contributed by atoms with van der Waals surface area (Å²) in [6, 6.07) is 6.22. The van der Waals surface area contributed by atoms with Crippen molar-refractivity contribution < 1.29 is 9.18 Å². The van der Waals surface area contributed by atoms with Gasteiger partial charge in [0.1, 0.15) is 5.82 Å². The zero-order chi connectivity index (χ0) is 10.7. The molecule has 1 aromatic rings. The third kappa shape index (κ3) is 2.72. The van der Waals surface area contributed by atoms with Crippen LogP contribution in [0.4, 0.5) is 4.39 Å². The van der Waals surface area contributed by atoms with Gasteiger partial charge < -0.3 is 4.90 Å². The summed E-state index contributed by atoms with van der Waals surface area (Å²) in [4.78, 5) is 14.3. The second-order valence-corrected chi connectivity index (χ2v) is 4.53. The SMILES string of the molecule is O=C(CSc1ccc(F)cc1)N1CCC1. The van der Waals surface area contributed by atoms with Crippen LogP contribution in [0, 0.1) is 5.82 Å². The van der Waals surface area contributed by atoms with E-state index in [-0.39, 0.29) is 11.7 Å². The van der Waals surface area contributed by atoms with E-state index >= 15 is 0 Å². The molecule has 15 heavy (non-hydrogen) atoms. The van der Waals surface area contributed by atoms with Crippen molar-refractivity contribution in [2.75, 3.05) is 18.8 Å². The summed E-state index contributed by atoms with van der Waals surface area (Å²) in [5, 5.41) is 0. The molecular formula is C11H12FNOS. The molecule has 1 fully saturated rings. The second kappa shape index (κ2) is 4.66. The van der Waals surface area contributed by atoms with Crippen molar-refractivity contribution in [1.82, 2.24) is 4.90 Å². The summed E-state index contributed by atoms with van der Waals surface area (Å²) in [5.74, 6) is 0.384. The van der Waals surface area contributed by atoms with Crippen LogP contribution in [-0.4, -0.2) is 29.6 Å². The van der Waals surface area contributed by atoms with E-state index in [1.807, 2.05) is 4.90 Å². The molecular weight excluding hydrogens is 213 g/mol. The maximum absolute atomic E-state index is 12.6. The van der Waals surface area contributed by atoms with Gasteiger partial charge in [0, 0.05) is 18.0 Å². The number of thioether (sulfide) groups is 1. The Kier molecular flexibility index (Phi) is 3.26. The van der Waals surface area contributed by atoms with Crippen molar-refractivity contribution >= 4 is 17.7 Å². The fraction of sp³-hybridized carbons (Fsp3) is 0.364. The number of amides is 1. The molecule has 2 nitrogen and oxygen atoms in total.